The van der Waals surface area contributed by atoms with E-state index in [0.29, 0.717) is 0 Å². The van der Waals surface area contributed by atoms with Crippen LogP contribution in [0.5, 0.6) is 0 Å². The van der Waals surface area contributed by atoms with Gasteiger partial charge in [0.2, 0.25) is 5.91 Å². The first kappa shape index (κ1) is 14.1. The normalized spacial score (nSPS) is 11.9. The molecule has 2 aromatic carbocycles. The summed E-state index contributed by atoms with van der Waals surface area (Å²) in [5.41, 5.74) is 0.783. The molecule has 0 saturated carbocycles. The lowest BCUT2D eigenvalue weighted by molar-refractivity contribution is -0.135. The van der Waals surface area contributed by atoms with E-state index in [9.17, 15) is 18.0 Å². The summed E-state index contributed by atoms with van der Waals surface area (Å²) in [6, 6.07) is 13.1. The van der Waals surface area contributed by atoms with Crippen molar-refractivity contribution in [2.45, 2.75) is 6.18 Å². The molecule has 1 N–H and O–H groups in total. The molecule has 0 radical (unpaired) electrons. The van der Waals surface area contributed by atoms with E-state index in [-0.39, 0.29) is 0 Å². The van der Waals surface area contributed by atoms with Gasteiger partial charge in [-0.25, -0.2) is 0 Å². The van der Waals surface area contributed by atoms with Crippen molar-refractivity contribution in [2.24, 2.45) is 0 Å². The number of hydrogen-bond acceptors (Lipinski definition) is 1. The second kappa shape index (κ2) is 5.77. The summed E-state index contributed by atoms with van der Waals surface area (Å²) in [4.78, 5) is 11.3. The SMILES string of the molecule is O=C(/C=C/c1cccc2ccccc12)NCC(F)(F)F. The molecule has 2 aromatic rings. The maximum Gasteiger partial charge on any atom is 0.405 e. The molecule has 0 spiro atoms. The van der Waals surface area contributed by atoms with Crippen molar-refractivity contribution < 1.29 is 18.0 Å². The second-order valence-electron chi connectivity index (χ2n) is 4.23. The third-order valence-electron chi connectivity index (χ3n) is 2.70. The molecule has 104 valence electrons. The van der Waals surface area contributed by atoms with Gasteiger partial charge in [0, 0.05) is 6.08 Å². The van der Waals surface area contributed by atoms with Crippen LogP contribution in [0, 0.1) is 0 Å². The zero-order valence-electron chi connectivity index (χ0n) is 10.4. The largest absolute Gasteiger partial charge is 0.405 e. The molecule has 0 unspecified atom stereocenters. The van der Waals surface area contributed by atoms with Crippen molar-refractivity contribution >= 4 is 22.8 Å². The second-order valence-corrected chi connectivity index (χ2v) is 4.23. The first-order valence-electron chi connectivity index (χ1n) is 5.96. The van der Waals surface area contributed by atoms with Crippen molar-refractivity contribution in [3.05, 3.63) is 54.1 Å². The maximum absolute atomic E-state index is 11.9. The van der Waals surface area contributed by atoms with Crippen molar-refractivity contribution in [1.29, 1.82) is 0 Å². The molecule has 0 aromatic heterocycles. The molecule has 20 heavy (non-hydrogen) atoms. The highest BCUT2D eigenvalue weighted by Gasteiger charge is 2.27. The first-order chi connectivity index (χ1) is 9.46. The molecule has 2 nitrogen and oxygen atoms in total. The predicted molar refractivity (Wildman–Crippen MR) is 72.0 cm³/mol. The standard InChI is InChI=1S/C15H12F3NO/c16-15(17,18)10-19-14(20)9-8-12-6-3-5-11-4-1-2-7-13(11)12/h1-9H,10H2,(H,19,20)/b9-8+. The van der Waals surface area contributed by atoms with E-state index >= 15 is 0 Å². The Morgan fingerprint density at radius 3 is 2.55 bits per heavy atom. The minimum Gasteiger partial charge on any atom is -0.343 e. The van der Waals surface area contributed by atoms with E-state index in [1.807, 2.05) is 36.4 Å². The number of alkyl halides is 3. The van der Waals surface area contributed by atoms with Crippen molar-refractivity contribution in [3.63, 3.8) is 0 Å². The van der Waals surface area contributed by atoms with Crippen LogP contribution in [-0.4, -0.2) is 18.6 Å². The summed E-state index contributed by atoms with van der Waals surface area (Å²) in [5, 5.41) is 3.73. The summed E-state index contributed by atoms with van der Waals surface area (Å²) < 4.78 is 35.8. The Morgan fingerprint density at radius 2 is 1.80 bits per heavy atom. The Morgan fingerprint density at radius 1 is 1.10 bits per heavy atom. The predicted octanol–water partition coefficient (Wildman–Crippen LogP) is 3.53. The number of benzene rings is 2. The molecule has 2 rings (SSSR count). The van der Waals surface area contributed by atoms with E-state index in [2.05, 4.69) is 0 Å². The topological polar surface area (TPSA) is 29.1 Å². The quantitative estimate of drug-likeness (QED) is 0.856. The minimum atomic E-state index is -4.40. The van der Waals surface area contributed by atoms with Crippen LogP contribution in [0.25, 0.3) is 16.8 Å². The molecular formula is C15H12F3NO. The van der Waals surface area contributed by atoms with E-state index in [1.165, 1.54) is 6.08 Å². The molecule has 1 amide bonds. The molecule has 5 heteroatoms. The number of hydrogen-bond donors (Lipinski definition) is 1. The van der Waals surface area contributed by atoms with Crippen LogP contribution in [0.15, 0.2) is 48.5 Å². The van der Waals surface area contributed by atoms with Crippen LogP contribution < -0.4 is 5.32 Å². The lowest BCUT2D eigenvalue weighted by atomic mass is 10.0. The summed E-state index contributed by atoms with van der Waals surface area (Å²) in [5.74, 6) is -0.768. The van der Waals surface area contributed by atoms with Crippen LogP contribution in [0.1, 0.15) is 5.56 Å². The van der Waals surface area contributed by atoms with Crippen molar-refractivity contribution in [2.75, 3.05) is 6.54 Å². The molecule has 0 atom stereocenters. The fraction of sp³-hybridized carbons (Fsp3) is 0.133. The van der Waals surface area contributed by atoms with Crippen LogP contribution in [0.4, 0.5) is 13.2 Å². The van der Waals surface area contributed by atoms with E-state index in [0.717, 1.165) is 22.4 Å². The van der Waals surface area contributed by atoms with Gasteiger partial charge < -0.3 is 5.32 Å². The molecule has 0 aliphatic rings. The van der Waals surface area contributed by atoms with Crippen molar-refractivity contribution in [1.82, 2.24) is 5.32 Å². The Balaban J connectivity index is 2.12. The summed E-state index contributed by atoms with van der Waals surface area (Å²) in [7, 11) is 0. The van der Waals surface area contributed by atoms with Gasteiger partial charge in [-0.2, -0.15) is 13.2 Å². The highest BCUT2D eigenvalue weighted by Crippen LogP contribution is 2.19. The van der Waals surface area contributed by atoms with E-state index in [1.54, 1.807) is 11.4 Å². The number of carbonyl (C=O) groups is 1. The lowest BCUT2D eigenvalue weighted by Crippen LogP contribution is -2.32. The number of rotatable bonds is 3. The highest BCUT2D eigenvalue weighted by atomic mass is 19.4. The van der Waals surface area contributed by atoms with Gasteiger partial charge >= 0.3 is 6.18 Å². The monoisotopic (exact) mass is 279 g/mol. The lowest BCUT2D eigenvalue weighted by Gasteiger charge is -2.06. The fourth-order valence-corrected chi connectivity index (χ4v) is 1.81. The zero-order valence-corrected chi connectivity index (χ0v) is 10.4. The summed E-state index contributed by atoms with van der Waals surface area (Å²) in [6.45, 7) is -1.33. The molecule has 0 saturated heterocycles. The van der Waals surface area contributed by atoms with Crippen molar-refractivity contribution in [3.8, 4) is 0 Å². The van der Waals surface area contributed by atoms with Crippen LogP contribution in [0.3, 0.4) is 0 Å². The molecule has 0 aliphatic carbocycles. The van der Waals surface area contributed by atoms with Gasteiger partial charge in [0.15, 0.2) is 0 Å². The van der Waals surface area contributed by atoms with Gasteiger partial charge in [-0.15, -0.1) is 0 Å². The number of amides is 1. The molecular weight excluding hydrogens is 267 g/mol. The Hall–Kier alpha value is -2.30. The molecule has 0 bridgehead atoms. The Labute approximate surface area is 113 Å². The number of halogens is 3. The summed E-state index contributed by atoms with van der Waals surface area (Å²) in [6.07, 6.45) is -1.79. The highest BCUT2D eigenvalue weighted by molar-refractivity contribution is 5.96. The first-order valence-corrected chi connectivity index (χ1v) is 5.96. The van der Waals surface area contributed by atoms with E-state index < -0.39 is 18.6 Å². The van der Waals surface area contributed by atoms with Crippen LogP contribution in [0.2, 0.25) is 0 Å². The molecule has 0 heterocycles. The minimum absolute atomic E-state index is 0.768. The summed E-state index contributed by atoms with van der Waals surface area (Å²) >= 11 is 0. The number of nitrogens with one attached hydrogen (secondary N) is 1. The van der Waals surface area contributed by atoms with Crippen LogP contribution in [-0.2, 0) is 4.79 Å². The Kier molecular flexibility index (Phi) is 4.08. The maximum atomic E-state index is 11.9. The average Bonchev–Trinajstić information content (AvgIpc) is 2.42. The molecule has 0 aliphatic heterocycles. The molecule has 0 fully saturated rings. The number of carbonyl (C=O) groups excluding carboxylic acids is 1. The smallest absolute Gasteiger partial charge is 0.343 e. The third-order valence-corrected chi connectivity index (χ3v) is 2.70. The fourth-order valence-electron chi connectivity index (χ4n) is 1.81. The number of fused-ring (bicyclic) bond motifs is 1. The van der Waals surface area contributed by atoms with Crippen LogP contribution >= 0.6 is 0 Å². The average molecular weight is 279 g/mol. The van der Waals surface area contributed by atoms with Gasteiger partial charge in [0.05, 0.1) is 0 Å². The van der Waals surface area contributed by atoms with Gasteiger partial charge in [-0.1, -0.05) is 42.5 Å². The van der Waals surface area contributed by atoms with Gasteiger partial charge in [0.25, 0.3) is 0 Å². The van der Waals surface area contributed by atoms with Gasteiger partial charge in [0.1, 0.15) is 6.54 Å². The zero-order chi connectivity index (χ0) is 14.6. The van der Waals surface area contributed by atoms with Gasteiger partial charge in [-0.05, 0) is 22.4 Å². The van der Waals surface area contributed by atoms with Gasteiger partial charge in [-0.3, -0.25) is 4.79 Å². The third kappa shape index (κ3) is 3.85. The van der Waals surface area contributed by atoms with E-state index in [4.69, 9.17) is 0 Å². The Bertz CT molecular complexity index is 642.